The molecule has 1 aliphatic heterocycles. The van der Waals surface area contributed by atoms with Gasteiger partial charge in [-0.3, -0.25) is 0 Å². The minimum Gasteiger partial charge on any atom is -0.334 e. The minimum atomic E-state index is 0.253. The number of hydrogen-bond acceptors (Lipinski definition) is 3. The summed E-state index contributed by atoms with van der Waals surface area (Å²) >= 11 is 0. The number of imidazole rings is 2. The minimum absolute atomic E-state index is 0.253. The highest BCUT2D eigenvalue weighted by Crippen LogP contribution is 2.28. The van der Waals surface area contributed by atoms with Gasteiger partial charge in [0.05, 0.1) is 29.4 Å². The molecule has 2 aromatic heterocycles. The van der Waals surface area contributed by atoms with Crippen LogP contribution in [0.2, 0.25) is 0 Å². The zero-order valence-electron chi connectivity index (χ0n) is 11.5. The number of nitrogens with two attached hydrogens (primary N) is 1. The summed E-state index contributed by atoms with van der Waals surface area (Å²) in [6.45, 7) is 0.869. The van der Waals surface area contributed by atoms with Crippen LogP contribution in [0, 0.1) is 0 Å². The van der Waals surface area contributed by atoms with E-state index in [2.05, 4.69) is 32.7 Å². The molecule has 1 unspecified atom stereocenters. The lowest BCUT2D eigenvalue weighted by atomic mass is 10.0. The second kappa shape index (κ2) is 4.18. The molecular formula is C15H17N5. The molecule has 3 heterocycles. The molecule has 4 rings (SSSR count). The Morgan fingerprint density at radius 2 is 2.15 bits per heavy atom. The number of nitrogens with zero attached hydrogens (tertiary/aromatic N) is 4. The van der Waals surface area contributed by atoms with Gasteiger partial charge in [-0.25, -0.2) is 9.97 Å². The van der Waals surface area contributed by atoms with Crippen LogP contribution in [-0.2, 0) is 20.0 Å². The number of fused-ring (bicyclic) bond motifs is 2. The highest BCUT2D eigenvalue weighted by molar-refractivity contribution is 5.81. The van der Waals surface area contributed by atoms with E-state index in [1.165, 1.54) is 5.69 Å². The predicted octanol–water partition coefficient (Wildman–Crippen LogP) is 1.71. The third kappa shape index (κ3) is 1.67. The second-order valence-electron chi connectivity index (χ2n) is 5.55. The summed E-state index contributed by atoms with van der Waals surface area (Å²) in [4.78, 5) is 9.01. The summed E-state index contributed by atoms with van der Waals surface area (Å²) in [7, 11) is 2.01. The van der Waals surface area contributed by atoms with Crippen molar-refractivity contribution in [3.63, 3.8) is 0 Å². The van der Waals surface area contributed by atoms with Crippen molar-refractivity contribution < 1.29 is 0 Å². The molecule has 1 aliphatic rings. The Hall–Kier alpha value is -2.14. The molecule has 0 saturated carbocycles. The zero-order chi connectivity index (χ0) is 13.7. The van der Waals surface area contributed by atoms with Crippen LogP contribution in [0.25, 0.3) is 22.3 Å². The summed E-state index contributed by atoms with van der Waals surface area (Å²) in [5.74, 6) is 0. The van der Waals surface area contributed by atoms with Gasteiger partial charge in [-0.1, -0.05) is 6.07 Å². The van der Waals surface area contributed by atoms with Crippen LogP contribution in [0.15, 0.2) is 30.9 Å². The smallest absolute Gasteiger partial charge is 0.0956 e. The molecule has 0 radical (unpaired) electrons. The summed E-state index contributed by atoms with van der Waals surface area (Å²) in [6, 6.07) is 6.61. The van der Waals surface area contributed by atoms with E-state index in [0.717, 1.165) is 41.7 Å². The topological polar surface area (TPSA) is 61.7 Å². The molecule has 2 N–H and O–H groups in total. The van der Waals surface area contributed by atoms with E-state index in [1.807, 2.05) is 24.3 Å². The summed E-state index contributed by atoms with van der Waals surface area (Å²) in [5, 5.41) is 0. The van der Waals surface area contributed by atoms with E-state index in [1.54, 1.807) is 0 Å². The molecule has 5 nitrogen and oxygen atoms in total. The number of hydrogen-bond donors (Lipinski definition) is 1. The van der Waals surface area contributed by atoms with E-state index >= 15 is 0 Å². The average Bonchev–Trinajstić information content (AvgIpc) is 3.02. The van der Waals surface area contributed by atoms with E-state index in [9.17, 15) is 0 Å². The van der Waals surface area contributed by atoms with Gasteiger partial charge < -0.3 is 14.9 Å². The standard InChI is InChI=1S/C15H17N5/c1-19-8-17-12-6-10(2-4-13(12)19)15-14-5-3-11(16)7-20(14)9-18-15/h2,4,6,8-9,11H,3,5,7,16H2,1H3. The Bertz CT molecular complexity index is 783. The number of benzene rings is 1. The van der Waals surface area contributed by atoms with Crippen molar-refractivity contribution in [2.24, 2.45) is 12.8 Å². The fourth-order valence-electron chi connectivity index (χ4n) is 3.02. The molecule has 102 valence electrons. The zero-order valence-corrected chi connectivity index (χ0v) is 11.5. The molecule has 20 heavy (non-hydrogen) atoms. The van der Waals surface area contributed by atoms with E-state index in [-0.39, 0.29) is 6.04 Å². The van der Waals surface area contributed by atoms with Crippen molar-refractivity contribution in [1.82, 2.24) is 19.1 Å². The Morgan fingerprint density at radius 1 is 1.25 bits per heavy atom. The van der Waals surface area contributed by atoms with Crippen LogP contribution < -0.4 is 5.73 Å². The number of aromatic nitrogens is 4. The van der Waals surface area contributed by atoms with Crippen LogP contribution >= 0.6 is 0 Å². The SMILES string of the molecule is Cn1cnc2cc(-c3ncn4c3CCC(N)C4)ccc21. The van der Waals surface area contributed by atoms with Gasteiger partial charge in [0.15, 0.2) is 0 Å². The van der Waals surface area contributed by atoms with Gasteiger partial charge in [0, 0.05) is 30.9 Å². The van der Waals surface area contributed by atoms with E-state index < -0.39 is 0 Å². The van der Waals surface area contributed by atoms with Crippen molar-refractivity contribution in [2.45, 2.75) is 25.4 Å². The summed E-state index contributed by atoms with van der Waals surface area (Å²) < 4.78 is 4.22. The number of aryl methyl sites for hydroxylation is 1. The molecule has 0 aliphatic carbocycles. The third-order valence-corrected chi connectivity index (χ3v) is 4.13. The maximum absolute atomic E-state index is 6.01. The Morgan fingerprint density at radius 3 is 3.05 bits per heavy atom. The number of rotatable bonds is 1. The van der Waals surface area contributed by atoms with Gasteiger partial charge in [-0.05, 0) is 25.0 Å². The molecule has 1 aromatic carbocycles. The van der Waals surface area contributed by atoms with Gasteiger partial charge in [-0.15, -0.1) is 0 Å². The van der Waals surface area contributed by atoms with Gasteiger partial charge in [0.25, 0.3) is 0 Å². The van der Waals surface area contributed by atoms with Crippen LogP contribution in [0.4, 0.5) is 0 Å². The first-order valence-corrected chi connectivity index (χ1v) is 6.93. The maximum atomic E-state index is 6.01. The lowest BCUT2D eigenvalue weighted by molar-refractivity contribution is 0.461. The molecule has 1 atom stereocenters. The lowest BCUT2D eigenvalue weighted by Crippen LogP contribution is -2.31. The molecule has 0 bridgehead atoms. The van der Waals surface area contributed by atoms with Gasteiger partial charge in [-0.2, -0.15) is 0 Å². The fraction of sp³-hybridized carbons (Fsp3) is 0.333. The third-order valence-electron chi connectivity index (χ3n) is 4.13. The highest BCUT2D eigenvalue weighted by Gasteiger charge is 2.20. The first kappa shape index (κ1) is 11.7. The van der Waals surface area contributed by atoms with Crippen molar-refractivity contribution in [1.29, 1.82) is 0 Å². The Balaban J connectivity index is 1.83. The largest absolute Gasteiger partial charge is 0.334 e. The van der Waals surface area contributed by atoms with Gasteiger partial charge >= 0.3 is 0 Å². The predicted molar refractivity (Wildman–Crippen MR) is 78.2 cm³/mol. The van der Waals surface area contributed by atoms with Crippen LogP contribution in [0.3, 0.4) is 0 Å². The van der Waals surface area contributed by atoms with Gasteiger partial charge in [0.2, 0.25) is 0 Å². The average molecular weight is 267 g/mol. The van der Waals surface area contributed by atoms with Crippen LogP contribution in [-0.4, -0.2) is 25.1 Å². The second-order valence-corrected chi connectivity index (χ2v) is 5.55. The monoisotopic (exact) mass is 267 g/mol. The Labute approximate surface area is 117 Å². The maximum Gasteiger partial charge on any atom is 0.0956 e. The highest BCUT2D eigenvalue weighted by atomic mass is 15.1. The Kier molecular flexibility index (Phi) is 2.44. The van der Waals surface area contributed by atoms with Crippen molar-refractivity contribution in [2.75, 3.05) is 0 Å². The quantitative estimate of drug-likeness (QED) is 0.730. The molecule has 3 aromatic rings. The first-order chi connectivity index (χ1) is 9.72. The van der Waals surface area contributed by atoms with Crippen LogP contribution in [0.1, 0.15) is 12.1 Å². The van der Waals surface area contributed by atoms with Crippen molar-refractivity contribution >= 4 is 11.0 Å². The summed E-state index contributed by atoms with van der Waals surface area (Å²) in [5.41, 5.74) is 11.7. The normalized spacial score (nSPS) is 18.4. The van der Waals surface area contributed by atoms with Crippen LogP contribution in [0.5, 0.6) is 0 Å². The molecule has 5 heteroatoms. The fourth-order valence-corrected chi connectivity index (χ4v) is 3.02. The molecular weight excluding hydrogens is 250 g/mol. The van der Waals surface area contributed by atoms with Crippen molar-refractivity contribution in [3.8, 4) is 11.3 Å². The lowest BCUT2D eigenvalue weighted by Gasteiger charge is -2.21. The first-order valence-electron chi connectivity index (χ1n) is 6.93. The molecule has 0 amide bonds. The van der Waals surface area contributed by atoms with E-state index in [4.69, 9.17) is 5.73 Å². The van der Waals surface area contributed by atoms with Crippen molar-refractivity contribution in [3.05, 3.63) is 36.5 Å². The summed E-state index contributed by atoms with van der Waals surface area (Å²) in [6.07, 6.45) is 5.78. The molecule has 0 spiro atoms. The molecule has 0 saturated heterocycles. The van der Waals surface area contributed by atoms with Gasteiger partial charge in [0.1, 0.15) is 0 Å². The molecule has 0 fully saturated rings. The van der Waals surface area contributed by atoms with E-state index in [0.29, 0.717) is 0 Å².